The van der Waals surface area contributed by atoms with Gasteiger partial charge < -0.3 is 52.1 Å². The molecule has 6 heterocycles. The summed E-state index contributed by atoms with van der Waals surface area (Å²) in [6, 6.07) is 37.3. The van der Waals surface area contributed by atoms with Gasteiger partial charge in [-0.05, 0) is 55.5 Å². The normalized spacial score (nSPS) is 39.1. The van der Waals surface area contributed by atoms with E-state index in [0.29, 0.717) is 26.4 Å². The van der Waals surface area contributed by atoms with Crippen LogP contribution in [-0.4, -0.2) is 92.6 Å². The summed E-state index contributed by atoms with van der Waals surface area (Å²) in [4.78, 5) is 0. The second kappa shape index (κ2) is 14.3. The summed E-state index contributed by atoms with van der Waals surface area (Å²) in [6.45, 7) is 9.13. The van der Waals surface area contributed by atoms with Crippen LogP contribution in [0.3, 0.4) is 0 Å². The van der Waals surface area contributed by atoms with Gasteiger partial charge in [-0.3, -0.25) is 0 Å². The molecule has 1 aliphatic carbocycles. The van der Waals surface area contributed by atoms with Gasteiger partial charge in [-0.2, -0.15) is 0 Å². The maximum absolute atomic E-state index is 7.38. The first-order valence-corrected chi connectivity index (χ1v) is 20.6. The van der Waals surface area contributed by atoms with E-state index in [4.69, 9.17) is 52.1 Å². The van der Waals surface area contributed by atoms with Crippen molar-refractivity contribution in [3.8, 4) is 0 Å². The van der Waals surface area contributed by atoms with Crippen LogP contribution >= 0.6 is 0 Å². The average Bonchev–Trinajstić information content (AvgIpc) is 3.98. The summed E-state index contributed by atoms with van der Waals surface area (Å²) in [5.74, 6) is -1.58. The van der Waals surface area contributed by atoms with Crippen molar-refractivity contribution in [1.82, 2.24) is 0 Å². The molecule has 4 aromatic rings. The molecular formula is C47H50O11. The van der Waals surface area contributed by atoms with Crippen LogP contribution in [0.2, 0.25) is 0 Å². The lowest BCUT2D eigenvalue weighted by Crippen LogP contribution is -2.64. The first-order valence-electron chi connectivity index (χ1n) is 20.6. The third-order valence-electron chi connectivity index (χ3n) is 12.8. The maximum atomic E-state index is 7.38. The standard InChI is InChI=1S/C47H50O11/c1-45(2)51-25-34(56-45)37-39(41-44(55-37)58-46(3,4)57-41)53-35-29-19-11-13-21-31(29)47(32-22-14-12-20-30(32)35)26-50-40-38(48-23-27-15-7-5-8-16-27)36-33(52-42(40)47)24-49-43(54-36)28-17-9-6-10-18-28/h5-22,33-44H,23-26H2,1-4H3/t33-,34-,35?,36-,37-,38+,39+,40-,41-,42-,43-,44-,47?/m1/s1. The largest absolute Gasteiger partial charge is 0.371 e. The Morgan fingerprint density at radius 3 is 1.97 bits per heavy atom. The van der Waals surface area contributed by atoms with Crippen LogP contribution in [0.15, 0.2) is 109 Å². The minimum Gasteiger partial charge on any atom is -0.371 e. The molecule has 0 bridgehead atoms. The second-order valence-corrected chi connectivity index (χ2v) is 17.4. The molecule has 6 saturated heterocycles. The van der Waals surface area contributed by atoms with Gasteiger partial charge in [0.2, 0.25) is 0 Å². The van der Waals surface area contributed by atoms with Gasteiger partial charge in [0, 0.05) is 5.56 Å². The monoisotopic (exact) mass is 790 g/mol. The predicted octanol–water partition coefficient (Wildman–Crippen LogP) is 6.65. The molecule has 0 radical (unpaired) electrons. The van der Waals surface area contributed by atoms with Gasteiger partial charge in [0.25, 0.3) is 0 Å². The van der Waals surface area contributed by atoms with E-state index in [1.165, 1.54) is 0 Å². The number of fused-ring (bicyclic) bond motifs is 8. The summed E-state index contributed by atoms with van der Waals surface area (Å²) in [5.41, 5.74) is 5.56. The van der Waals surface area contributed by atoms with Gasteiger partial charge in [0.15, 0.2) is 24.2 Å². The highest BCUT2D eigenvalue weighted by atomic mass is 16.8. The van der Waals surface area contributed by atoms with E-state index in [9.17, 15) is 0 Å². The van der Waals surface area contributed by atoms with Crippen LogP contribution < -0.4 is 0 Å². The topological polar surface area (TPSA) is 102 Å². The fourth-order valence-electron chi connectivity index (χ4n) is 10.4. The Balaban J connectivity index is 0.963. The molecule has 11 heteroatoms. The van der Waals surface area contributed by atoms with Crippen LogP contribution in [0.5, 0.6) is 0 Å². The molecule has 304 valence electrons. The molecule has 6 fully saturated rings. The molecule has 6 aliphatic heterocycles. The Morgan fingerprint density at radius 2 is 1.26 bits per heavy atom. The summed E-state index contributed by atoms with van der Waals surface area (Å²) in [6.07, 6.45) is -5.65. The third-order valence-corrected chi connectivity index (χ3v) is 12.8. The number of ether oxygens (including phenoxy) is 11. The van der Waals surface area contributed by atoms with Crippen molar-refractivity contribution in [2.24, 2.45) is 0 Å². The molecule has 7 aliphatic rings. The van der Waals surface area contributed by atoms with Crippen molar-refractivity contribution in [1.29, 1.82) is 0 Å². The first kappa shape index (κ1) is 37.4. The molecule has 0 N–H and O–H groups in total. The number of rotatable bonds is 7. The minimum atomic E-state index is -0.834. The fourth-order valence-corrected chi connectivity index (χ4v) is 10.4. The Hall–Kier alpha value is -3.56. The average molecular weight is 791 g/mol. The molecule has 4 aromatic carbocycles. The Kier molecular flexibility index (Phi) is 9.22. The molecule has 0 saturated carbocycles. The molecule has 0 amide bonds. The highest BCUT2D eigenvalue weighted by molar-refractivity contribution is 5.58. The van der Waals surface area contributed by atoms with Crippen molar-refractivity contribution in [3.63, 3.8) is 0 Å². The second-order valence-electron chi connectivity index (χ2n) is 17.4. The molecule has 11 rings (SSSR count). The predicted molar refractivity (Wildman–Crippen MR) is 207 cm³/mol. The smallest absolute Gasteiger partial charge is 0.190 e. The van der Waals surface area contributed by atoms with E-state index in [-0.39, 0.29) is 6.10 Å². The Morgan fingerprint density at radius 1 is 0.586 bits per heavy atom. The molecular weight excluding hydrogens is 741 g/mol. The highest BCUT2D eigenvalue weighted by Gasteiger charge is 2.65. The van der Waals surface area contributed by atoms with Crippen LogP contribution in [0.4, 0.5) is 0 Å². The van der Waals surface area contributed by atoms with Crippen molar-refractivity contribution in [2.45, 2.75) is 125 Å². The molecule has 1 spiro atoms. The zero-order valence-corrected chi connectivity index (χ0v) is 33.1. The summed E-state index contributed by atoms with van der Waals surface area (Å²) in [5, 5.41) is 0. The maximum Gasteiger partial charge on any atom is 0.190 e. The van der Waals surface area contributed by atoms with Crippen molar-refractivity contribution in [3.05, 3.63) is 143 Å². The number of benzene rings is 4. The number of hydrogen-bond acceptors (Lipinski definition) is 11. The summed E-state index contributed by atoms with van der Waals surface area (Å²) >= 11 is 0. The molecule has 0 aromatic heterocycles. The Bertz CT molecular complexity index is 2060. The quantitative estimate of drug-likeness (QED) is 0.201. The molecule has 0 unspecified atom stereocenters. The lowest BCUT2D eigenvalue weighted by molar-refractivity contribution is -0.331. The van der Waals surface area contributed by atoms with Gasteiger partial charge in [-0.15, -0.1) is 0 Å². The lowest BCUT2D eigenvalue weighted by Gasteiger charge is -2.51. The number of hydrogen-bond donors (Lipinski definition) is 0. The molecule has 11 nitrogen and oxygen atoms in total. The van der Waals surface area contributed by atoms with Crippen LogP contribution in [-0.2, 0) is 64.1 Å². The van der Waals surface area contributed by atoms with Gasteiger partial charge in [-0.1, -0.05) is 109 Å². The van der Waals surface area contributed by atoms with Gasteiger partial charge in [-0.25, -0.2) is 0 Å². The van der Waals surface area contributed by atoms with Crippen LogP contribution in [0.1, 0.15) is 73.5 Å². The van der Waals surface area contributed by atoms with E-state index in [2.05, 4.69) is 60.7 Å². The fraction of sp³-hybridized carbons (Fsp3) is 0.489. The van der Waals surface area contributed by atoms with Gasteiger partial charge >= 0.3 is 0 Å². The van der Waals surface area contributed by atoms with E-state index in [1.54, 1.807) is 0 Å². The zero-order chi connectivity index (χ0) is 39.2. The highest BCUT2D eigenvalue weighted by Crippen LogP contribution is 2.57. The lowest BCUT2D eigenvalue weighted by atomic mass is 9.62. The summed E-state index contributed by atoms with van der Waals surface area (Å²) < 4.78 is 73.5. The van der Waals surface area contributed by atoms with E-state index >= 15 is 0 Å². The summed E-state index contributed by atoms with van der Waals surface area (Å²) in [7, 11) is 0. The van der Waals surface area contributed by atoms with E-state index in [1.807, 2.05) is 76.2 Å². The van der Waals surface area contributed by atoms with Gasteiger partial charge in [0.1, 0.15) is 61.0 Å². The molecule has 58 heavy (non-hydrogen) atoms. The van der Waals surface area contributed by atoms with Crippen molar-refractivity contribution >= 4 is 0 Å². The van der Waals surface area contributed by atoms with Gasteiger partial charge in [0.05, 0.1) is 31.8 Å². The zero-order valence-electron chi connectivity index (χ0n) is 33.1. The minimum absolute atomic E-state index is 0.345. The first-order chi connectivity index (χ1) is 28.2. The SMILES string of the molecule is CC1(C)O[C@H]2O[C@H]([C@H]3COC(C)(C)O3)[C@H](OC3c4ccccc4C4(CO[C@@H]5[C@@H](OCc6ccccc6)[C@@H]6O[C@H](c7ccccc7)OC[C@H]6O[C@H]54)c4ccccc43)[C@H]2O1. The third kappa shape index (κ3) is 6.21. The van der Waals surface area contributed by atoms with Crippen molar-refractivity contribution < 1.29 is 52.1 Å². The molecule has 11 atom stereocenters. The van der Waals surface area contributed by atoms with E-state index in [0.717, 1.165) is 33.4 Å². The van der Waals surface area contributed by atoms with E-state index < -0.39 is 84.5 Å². The van der Waals surface area contributed by atoms with Crippen LogP contribution in [0.25, 0.3) is 0 Å². The Labute approximate surface area is 338 Å². The van der Waals surface area contributed by atoms with Crippen molar-refractivity contribution in [2.75, 3.05) is 19.8 Å². The van der Waals surface area contributed by atoms with Crippen LogP contribution in [0, 0.1) is 0 Å².